The van der Waals surface area contributed by atoms with Gasteiger partial charge in [0, 0.05) is 24.6 Å². The SMILES string of the molecule is N#Cc1ccc(CC(=O)N2CCSCC2)cc1. The second-order valence-corrected chi connectivity index (χ2v) is 5.20. The van der Waals surface area contributed by atoms with Crippen LogP contribution in [-0.2, 0) is 11.2 Å². The minimum absolute atomic E-state index is 0.190. The second-order valence-electron chi connectivity index (χ2n) is 3.98. The molecule has 17 heavy (non-hydrogen) atoms. The standard InChI is InChI=1S/C13H14N2OS/c14-10-12-3-1-11(2-4-12)9-13(16)15-5-7-17-8-6-15/h1-4H,5-9H2. The molecule has 0 spiro atoms. The second kappa shape index (κ2) is 5.74. The Hall–Kier alpha value is -1.47. The fourth-order valence-corrected chi connectivity index (χ4v) is 2.70. The lowest BCUT2D eigenvalue weighted by Gasteiger charge is -2.26. The molecule has 0 unspecified atom stereocenters. The number of hydrogen-bond donors (Lipinski definition) is 0. The smallest absolute Gasteiger partial charge is 0.227 e. The molecule has 1 heterocycles. The number of hydrogen-bond acceptors (Lipinski definition) is 3. The van der Waals surface area contributed by atoms with Gasteiger partial charge in [-0.2, -0.15) is 17.0 Å². The van der Waals surface area contributed by atoms with E-state index in [9.17, 15) is 4.79 Å². The molecule has 1 aliphatic rings. The summed E-state index contributed by atoms with van der Waals surface area (Å²) in [7, 11) is 0. The fraction of sp³-hybridized carbons (Fsp3) is 0.385. The summed E-state index contributed by atoms with van der Waals surface area (Å²) >= 11 is 1.90. The van der Waals surface area contributed by atoms with Crippen molar-refractivity contribution in [1.29, 1.82) is 5.26 Å². The maximum atomic E-state index is 12.0. The normalized spacial score (nSPS) is 15.4. The molecular weight excluding hydrogens is 232 g/mol. The Labute approximate surface area is 105 Å². The van der Waals surface area contributed by atoms with E-state index < -0.39 is 0 Å². The van der Waals surface area contributed by atoms with Crippen LogP contribution in [0, 0.1) is 11.3 Å². The van der Waals surface area contributed by atoms with Gasteiger partial charge in [-0.25, -0.2) is 0 Å². The van der Waals surface area contributed by atoms with Gasteiger partial charge in [-0.1, -0.05) is 12.1 Å². The molecule has 0 saturated carbocycles. The van der Waals surface area contributed by atoms with E-state index in [0.717, 1.165) is 30.2 Å². The molecule has 0 aromatic heterocycles. The van der Waals surface area contributed by atoms with E-state index in [-0.39, 0.29) is 5.91 Å². The molecule has 2 rings (SSSR count). The topological polar surface area (TPSA) is 44.1 Å². The number of benzene rings is 1. The van der Waals surface area contributed by atoms with Gasteiger partial charge >= 0.3 is 0 Å². The molecule has 1 fully saturated rings. The minimum Gasteiger partial charge on any atom is -0.341 e. The van der Waals surface area contributed by atoms with Gasteiger partial charge < -0.3 is 4.90 Å². The van der Waals surface area contributed by atoms with E-state index in [0.29, 0.717) is 12.0 Å². The number of rotatable bonds is 2. The van der Waals surface area contributed by atoms with Gasteiger partial charge in [-0.3, -0.25) is 4.79 Å². The van der Waals surface area contributed by atoms with Crippen molar-refractivity contribution >= 4 is 17.7 Å². The first-order chi connectivity index (χ1) is 8.29. The van der Waals surface area contributed by atoms with Crippen molar-refractivity contribution in [2.75, 3.05) is 24.6 Å². The van der Waals surface area contributed by atoms with Crippen molar-refractivity contribution in [3.63, 3.8) is 0 Å². The zero-order valence-electron chi connectivity index (χ0n) is 9.56. The molecule has 1 aromatic carbocycles. The number of nitriles is 1. The first-order valence-electron chi connectivity index (χ1n) is 5.64. The summed E-state index contributed by atoms with van der Waals surface area (Å²) in [6, 6.07) is 9.30. The average Bonchev–Trinajstić information content (AvgIpc) is 2.40. The summed E-state index contributed by atoms with van der Waals surface area (Å²) in [5.41, 5.74) is 1.61. The Morgan fingerprint density at radius 1 is 1.29 bits per heavy atom. The van der Waals surface area contributed by atoms with E-state index in [2.05, 4.69) is 6.07 Å². The maximum Gasteiger partial charge on any atom is 0.227 e. The van der Waals surface area contributed by atoms with Crippen LogP contribution in [-0.4, -0.2) is 35.4 Å². The Morgan fingerprint density at radius 2 is 1.94 bits per heavy atom. The lowest BCUT2D eigenvalue weighted by molar-refractivity contribution is -0.130. The number of thioether (sulfide) groups is 1. The third-order valence-electron chi connectivity index (χ3n) is 2.80. The summed E-state index contributed by atoms with van der Waals surface area (Å²) in [5.74, 6) is 2.27. The quantitative estimate of drug-likeness (QED) is 0.797. The van der Waals surface area contributed by atoms with E-state index in [1.165, 1.54) is 0 Å². The highest BCUT2D eigenvalue weighted by Gasteiger charge is 2.16. The van der Waals surface area contributed by atoms with Gasteiger partial charge in [0.05, 0.1) is 18.1 Å². The molecule has 4 heteroatoms. The highest BCUT2D eigenvalue weighted by Crippen LogP contribution is 2.11. The van der Waals surface area contributed by atoms with Crippen molar-refractivity contribution < 1.29 is 4.79 Å². The Bertz CT molecular complexity index is 430. The molecule has 0 radical (unpaired) electrons. The van der Waals surface area contributed by atoms with Gasteiger partial charge in [-0.05, 0) is 17.7 Å². The van der Waals surface area contributed by atoms with E-state index >= 15 is 0 Å². The first-order valence-corrected chi connectivity index (χ1v) is 6.79. The monoisotopic (exact) mass is 246 g/mol. The molecule has 88 valence electrons. The van der Waals surface area contributed by atoms with Crippen LogP contribution in [0.5, 0.6) is 0 Å². The summed E-state index contributed by atoms with van der Waals surface area (Å²) in [4.78, 5) is 13.9. The van der Waals surface area contributed by atoms with Gasteiger partial charge in [0.25, 0.3) is 0 Å². The summed E-state index contributed by atoms with van der Waals surface area (Å²) in [6.45, 7) is 1.72. The Balaban J connectivity index is 1.95. The Morgan fingerprint density at radius 3 is 2.53 bits per heavy atom. The third kappa shape index (κ3) is 3.24. The first kappa shape index (κ1) is 12.0. The van der Waals surface area contributed by atoms with Crippen molar-refractivity contribution in [3.8, 4) is 6.07 Å². The van der Waals surface area contributed by atoms with Crippen molar-refractivity contribution in [2.24, 2.45) is 0 Å². The van der Waals surface area contributed by atoms with Crippen LogP contribution in [0.25, 0.3) is 0 Å². The van der Waals surface area contributed by atoms with Crippen LogP contribution < -0.4 is 0 Å². The zero-order chi connectivity index (χ0) is 12.1. The average molecular weight is 246 g/mol. The lowest BCUT2D eigenvalue weighted by Crippen LogP contribution is -2.38. The summed E-state index contributed by atoms with van der Waals surface area (Å²) in [6.07, 6.45) is 0.441. The zero-order valence-corrected chi connectivity index (χ0v) is 10.4. The van der Waals surface area contributed by atoms with Gasteiger partial charge in [-0.15, -0.1) is 0 Å². The van der Waals surface area contributed by atoms with Crippen LogP contribution >= 0.6 is 11.8 Å². The maximum absolute atomic E-state index is 12.0. The van der Waals surface area contributed by atoms with E-state index in [1.807, 2.05) is 28.8 Å². The molecular formula is C13H14N2OS. The molecule has 0 aliphatic carbocycles. The van der Waals surface area contributed by atoms with Crippen LogP contribution in [0.4, 0.5) is 0 Å². The minimum atomic E-state index is 0.190. The van der Waals surface area contributed by atoms with Crippen LogP contribution in [0.3, 0.4) is 0 Å². The number of nitrogens with zero attached hydrogens (tertiary/aromatic N) is 2. The highest BCUT2D eigenvalue weighted by atomic mass is 32.2. The molecule has 1 saturated heterocycles. The largest absolute Gasteiger partial charge is 0.341 e. The molecule has 1 amide bonds. The van der Waals surface area contributed by atoms with Crippen molar-refractivity contribution in [3.05, 3.63) is 35.4 Å². The van der Waals surface area contributed by atoms with Gasteiger partial charge in [0.15, 0.2) is 0 Å². The number of amides is 1. The number of carbonyl (C=O) groups excluding carboxylic acids is 1. The summed E-state index contributed by atoms with van der Waals surface area (Å²) in [5, 5.41) is 8.69. The van der Waals surface area contributed by atoms with E-state index in [4.69, 9.17) is 5.26 Å². The van der Waals surface area contributed by atoms with Crippen LogP contribution in [0.2, 0.25) is 0 Å². The molecule has 1 aliphatic heterocycles. The van der Waals surface area contributed by atoms with Gasteiger partial charge in [0.2, 0.25) is 5.91 Å². The molecule has 0 atom stereocenters. The molecule has 0 N–H and O–H groups in total. The van der Waals surface area contributed by atoms with Crippen LogP contribution in [0.15, 0.2) is 24.3 Å². The highest BCUT2D eigenvalue weighted by molar-refractivity contribution is 7.99. The summed E-state index contributed by atoms with van der Waals surface area (Å²) < 4.78 is 0. The van der Waals surface area contributed by atoms with Crippen molar-refractivity contribution in [2.45, 2.75) is 6.42 Å². The number of carbonyl (C=O) groups is 1. The lowest BCUT2D eigenvalue weighted by atomic mass is 10.1. The molecule has 1 aromatic rings. The third-order valence-corrected chi connectivity index (χ3v) is 3.74. The predicted molar refractivity (Wildman–Crippen MR) is 68.8 cm³/mol. The fourth-order valence-electron chi connectivity index (χ4n) is 1.80. The molecule has 0 bridgehead atoms. The Kier molecular flexibility index (Phi) is 4.05. The predicted octanol–water partition coefficient (Wildman–Crippen LogP) is 1.68. The van der Waals surface area contributed by atoms with Crippen LogP contribution in [0.1, 0.15) is 11.1 Å². The van der Waals surface area contributed by atoms with Gasteiger partial charge in [0.1, 0.15) is 0 Å². The van der Waals surface area contributed by atoms with E-state index in [1.54, 1.807) is 12.1 Å². The molecule has 3 nitrogen and oxygen atoms in total. The van der Waals surface area contributed by atoms with Crippen molar-refractivity contribution in [1.82, 2.24) is 4.90 Å².